The smallest absolute Gasteiger partial charge is 0.326 e. The number of halogens is 1. The van der Waals surface area contributed by atoms with Crippen LogP contribution in [0.25, 0.3) is 10.9 Å². The minimum Gasteiger partial charge on any atom is -0.480 e. The van der Waals surface area contributed by atoms with Crippen molar-refractivity contribution in [3.63, 3.8) is 0 Å². The van der Waals surface area contributed by atoms with E-state index in [1.54, 1.807) is 24.3 Å². The van der Waals surface area contributed by atoms with Crippen molar-refractivity contribution in [1.29, 1.82) is 0 Å². The maximum atomic E-state index is 12.4. The summed E-state index contributed by atoms with van der Waals surface area (Å²) in [6.45, 7) is 0. The molecule has 2 N–H and O–H groups in total. The number of fused-ring (bicyclic) bond motifs is 1. The Balaban J connectivity index is 1.95. The van der Waals surface area contributed by atoms with Crippen LogP contribution >= 0.6 is 11.6 Å². The van der Waals surface area contributed by atoms with Crippen LogP contribution in [0.1, 0.15) is 15.9 Å². The summed E-state index contributed by atoms with van der Waals surface area (Å²) in [7, 11) is -3.58. The maximum Gasteiger partial charge on any atom is 0.326 e. The van der Waals surface area contributed by atoms with Crippen molar-refractivity contribution < 1.29 is 23.1 Å². The molecule has 10 heteroatoms. The standard InChI is InChI=1S/C18H16ClN3O5S/c1-28(26,27)22-10-11(12-5-2-3-7-15(12)22)9-14(18(24)25)21-17(23)13-6-4-8-20-16(13)19/h2-8,10,14H,9H2,1H3,(H,21,23)(H,24,25)/t14-/m0/s1. The molecule has 3 rings (SSSR count). The maximum absolute atomic E-state index is 12.4. The van der Waals surface area contributed by atoms with Crippen LogP contribution < -0.4 is 5.32 Å². The molecule has 1 aromatic carbocycles. The second-order valence-corrected chi connectivity index (χ2v) is 8.36. The molecule has 1 amide bonds. The van der Waals surface area contributed by atoms with Gasteiger partial charge in [-0.05, 0) is 23.8 Å². The van der Waals surface area contributed by atoms with Gasteiger partial charge in [0.05, 0.1) is 17.3 Å². The molecular weight excluding hydrogens is 406 g/mol. The first-order valence-electron chi connectivity index (χ1n) is 8.12. The summed E-state index contributed by atoms with van der Waals surface area (Å²) in [5.41, 5.74) is 0.964. The van der Waals surface area contributed by atoms with Crippen LogP contribution in [-0.2, 0) is 21.2 Å². The van der Waals surface area contributed by atoms with Crippen molar-refractivity contribution in [2.75, 3.05) is 6.26 Å². The monoisotopic (exact) mass is 421 g/mol. The highest BCUT2D eigenvalue weighted by atomic mass is 35.5. The first kappa shape index (κ1) is 19.8. The molecule has 0 saturated heterocycles. The van der Waals surface area contributed by atoms with Gasteiger partial charge in [-0.15, -0.1) is 0 Å². The van der Waals surface area contributed by atoms with Gasteiger partial charge in [-0.2, -0.15) is 0 Å². The van der Waals surface area contributed by atoms with E-state index in [9.17, 15) is 23.1 Å². The summed E-state index contributed by atoms with van der Waals surface area (Å²) in [5.74, 6) is -1.94. The lowest BCUT2D eigenvalue weighted by Crippen LogP contribution is -2.42. The van der Waals surface area contributed by atoms with Gasteiger partial charge in [-0.3, -0.25) is 4.79 Å². The van der Waals surface area contributed by atoms with Crippen LogP contribution in [0, 0.1) is 0 Å². The molecule has 1 atom stereocenters. The Morgan fingerprint density at radius 1 is 1.25 bits per heavy atom. The second kappa shape index (κ2) is 7.61. The highest BCUT2D eigenvalue weighted by Crippen LogP contribution is 2.24. The number of aromatic nitrogens is 2. The van der Waals surface area contributed by atoms with Crippen LogP contribution in [0.15, 0.2) is 48.8 Å². The number of carbonyl (C=O) groups is 2. The summed E-state index contributed by atoms with van der Waals surface area (Å²) >= 11 is 5.88. The molecule has 0 aliphatic rings. The fourth-order valence-electron chi connectivity index (χ4n) is 2.87. The van der Waals surface area contributed by atoms with Crippen molar-refractivity contribution in [3.05, 3.63) is 65.1 Å². The van der Waals surface area contributed by atoms with Gasteiger partial charge in [-0.25, -0.2) is 22.2 Å². The van der Waals surface area contributed by atoms with Crippen molar-refractivity contribution in [1.82, 2.24) is 14.3 Å². The van der Waals surface area contributed by atoms with Gasteiger partial charge < -0.3 is 10.4 Å². The Hall–Kier alpha value is -2.91. The van der Waals surface area contributed by atoms with Crippen LogP contribution in [0.3, 0.4) is 0 Å². The predicted molar refractivity (Wildman–Crippen MR) is 104 cm³/mol. The first-order chi connectivity index (χ1) is 13.2. The average Bonchev–Trinajstić information content (AvgIpc) is 3.00. The average molecular weight is 422 g/mol. The molecule has 0 aliphatic heterocycles. The molecular formula is C18H16ClN3O5S. The Morgan fingerprint density at radius 3 is 2.61 bits per heavy atom. The molecule has 3 aromatic rings. The normalized spacial score (nSPS) is 12.6. The zero-order valence-electron chi connectivity index (χ0n) is 14.7. The number of carboxylic acids is 1. The third-order valence-corrected chi connectivity index (χ3v) is 5.47. The van der Waals surface area contributed by atoms with Crippen molar-refractivity contribution >= 4 is 44.4 Å². The third kappa shape index (κ3) is 4.00. The summed E-state index contributed by atoms with van der Waals surface area (Å²) in [4.78, 5) is 27.9. The fraction of sp³-hybridized carbons (Fsp3) is 0.167. The minimum atomic E-state index is -3.58. The number of para-hydroxylation sites is 1. The molecule has 2 heterocycles. The van der Waals surface area contributed by atoms with Gasteiger partial charge in [0, 0.05) is 24.2 Å². The quantitative estimate of drug-likeness (QED) is 0.587. The van der Waals surface area contributed by atoms with Gasteiger partial charge in [0.2, 0.25) is 10.0 Å². The Kier molecular flexibility index (Phi) is 5.39. The van der Waals surface area contributed by atoms with Crippen LogP contribution in [0.2, 0.25) is 5.15 Å². The number of benzene rings is 1. The van der Waals surface area contributed by atoms with Crippen LogP contribution in [-0.4, -0.2) is 46.7 Å². The molecule has 0 unspecified atom stereocenters. The number of hydrogen-bond acceptors (Lipinski definition) is 5. The number of nitrogens with zero attached hydrogens (tertiary/aromatic N) is 2. The third-order valence-electron chi connectivity index (χ3n) is 4.15. The summed E-state index contributed by atoms with van der Waals surface area (Å²) in [6.07, 6.45) is 3.74. The van der Waals surface area contributed by atoms with Crippen LogP contribution in [0.5, 0.6) is 0 Å². The van der Waals surface area contributed by atoms with E-state index >= 15 is 0 Å². The molecule has 0 radical (unpaired) electrons. The number of rotatable bonds is 6. The zero-order valence-corrected chi connectivity index (χ0v) is 16.2. The highest BCUT2D eigenvalue weighted by Gasteiger charge is 2.25. The number of carboxylic acid groups (broad SMARTS) is 1. The van der Waals surface area contributed by atoms with Crippen molar-refractivity contribution in [2.24, 2.45) is 0 Å². The lowest BCUT2D eigenvalue weighted by atomic mass is 10.0. The molecule has 0 spiro atoms. The van der Waals surface area contributed by atoms with E-state index in [4.69, 9.17) is 11.6 Å². The SMILES string of the molecule is CS(=O)(=O)n1cc(C[C@H](NC(=O)c2cccnc2Cl)C(=O)O)c2ccccc21. The molecule has 0 fully saturated rings. The summed E-state index contributed by atoms with van der Waals surface area (Å²) < 4.78 is 25.2. The van der Waals surface area contributed by atoms with E-state index < -0.39 is 27.9 Å². The first-order valence-corrected chi connectivity index (χ1v) is 10.3. The lowest BCUT2D eigenvalue weighted by Gasteiger charge is -2.14. The molecule has 28 heavy (non-hydrogen) atoms. The van der Waals surface area contributed by atoms with Gasteiger partial charge >= 0.3 is 5.97 Å². The fourth-order valence-corrected chi connectivity index (χ4v) is 3.91. The second-order valence-electron chi connectivity index (χ2n) is 6.14. The van der Waals surface area contributed by atoms with E-state index in [0.717, 1.165) is 10.2 Å². The van der Waals surface area contributed by atoms with E-state index in [2.05, 4.69) is 10.3 Å². The number of aliphatic carboxylic acids is 1. The lowest BCUT2D eigenvalue weighted by molar-refractivity contribution is -0.139. The van der Waals surface area contributed by atoms with Gasteiger partial charge in [0.15, 0.2) is 0 Å². The summed E-state index contributed by atoms with van der Waals surface area (Å²) in [6, 6.07) is 8.39. The topological polar surface area (TPSA) is 118 Å². The van der Waals surface area contributed by atoms with Crippen molar-refractivity contribution in [3.8, 4) is 0 Å². The number of pyridine rings is 1. The van der Waals surface area contributed by atoms with Gasteiger partial charge in [0.25, 0.3) is 5.91 Å². The van der Waals surface area contributed by atoms with E-state index in [-0.39, 0.29) is 17.1 Å². The zero-order chi connectivity index (χ0) is 20.5. The Morgan fingerprint density at radius 2 is 1.96 bits per heavy atom. The number of amides is 1. The van der Waals surface area contributed by atoms with E-state index in [1.807, 2.05) is 0 Å². The predicted octanol–water partition coefficient (Wildman–Crippen LogP) is 1.92. The minimum absolute atomic E-state index is 0.0437. The molecule has 0 saturated carbocycles. The van der Waals surface area contributed by atoms with Gasteiger partial charge in [0.1, 0.15) is 11.2 Å². The summed E-state index contributed by atoms with van der Waals surface area (Å²) in [5, 5.41) is 12.5. The van der Waals surface area contributed by atoms with Crippen molar-refractivity contribution in [2.45, 2.75) is 12.5 Å². The Bertz CT molecular complexity index is 1170. The van der Waals surface area contributed by atoms with E-state index in [0.29, 0.717) is 16.5 Å². The molecule has 0 bridgehead atoms. The largest absolute Gasteiger partial charge is 0.480 e. The molecule has 146 valence electrons. The van der Waals surface area contributed by atoms with Gasteiger partial charge in [-0.1, -0.05) is 29.8 Å². The molecule has 0 aliphatic carbocycles. The van der Waals surface area contributed by atoms with Crippen LogP contribution in [0.4, 0.5) is 0 Å². The highest BCUT2D eigenvalue weighted by molar-refractivity contribution is 7.89. The van der Waals surface area contributed by atoms with E-state index in [1.165, 1.54) is 24.5 Å². The molecule has 2 aromatic heterocycles. The molecule has 8 nitrogen and oxygen atoms in total. The number of nitrogens with one attached hydrogen (secondary N) is 1. The Labute approximate surface area is 165 Å². The number of hydrogen-bond donors (Lipinski definition) is 2. The number of carbonyl (C=O) groups excluding carboxylic acids is 1.